The lowest BCUT2D eigenvalue weighted by atomic mass is 10.2. The van der Waals surface area contributed by atoms with Crippen molar-refractivity contribution >= 4 is 34.6 Å². The largest absolute Gasteiger partial charge is 0.497 e. The molecule has 1 atom stereocenters. The van der Waals surface area contributed by atoms with Gasteiger partial charge in [0.2, 0.25) is 0 Å². The van der Waals surface area contributed by atoms with E-state index in [0.29, 0.717) is 0 Å². The second-order valence-corrected chi connectivity index (χ2v) is 5.58. The van der Waals surface area contributed by atoms with Gasteiger partial charge in [-0.3, -0.25) is 0 Å². The number of H-pyrrole nitrogens is 1. The van der Waals surface area contributed by atoms with Crippen LogP contribution in [-0.4, -0.2) is 16.7 Å². The van der Waals surface area contributed by atoms with Crippen LogP contribution < -0.4 is 4.74 Å². The number of aromatic nitrogens is 2. The number of nitrogens with zero attached hydrogens (tertiary/aromatic N) is 1. The van der Waals surface area contributed by atoms with Crippen LogP contribution in [0, 0.1) is 4.77 Å². The van der Waals surface area contributed by atoms with E-state index in [-0.39, 0.29) is 6.04 Å². The number of rotatable bonds is 3. The van der Waals surface area contributed by atoms with Gasteiger partial charge in [0.1, 0.15) is 5.75 Å². The van der Waals surface area contributed by atoms with Crippen LogP contribution in [0.2, 0.25) is 0 Å². The van der Waals surface area contributed by atoms with Crippen molar-refractivity contribution in [1.29, 1.82) is 0 Å². The first-order chi connectivity index (χ1) is 9.20. The topological polar surface area (TPSA) is 29.9 Å². The Kier molecular flexibility index (Phi) is 3.16. The molecule has 0 saturated heterocycles. The SMILES string of the molecule is COc1ccc2c(c1)[nH]c(=S)n2C(C)c1ccsc1. The maximum atomic E-state index is 5.45. The van der Waals surface area contributed by atoms with E-state index in [4.69, 9.17) is 17.0 Å². The molecule has 0 aliphatic carbocycles. The van der Waals surface area contributed by atoms with E-state index in [0.717, 1.165) is 21.6 Å². The third-order valence-corrected chi connectivity index (χ3v) is 4.34. The highest BCUT2D eigenvalue weighted by molar-refractivity contribution is 7.71. The molecule has 3 rings (SSSR count). The maximum absolute atomic E-state index is 5.45. The number of hydrogen-bond acceptors (Lipinski definition) is 3. The number of methoxy groups -OCH3 is 1. The van der Waals surface area contributed by atoms with Crippen LogP contribution in [0.1, 0.15) is 18.5 Å². The van der Waals surface area contributed by atoms with Gasteiger partial charge in [0.05, 0.1) is 24.2 Å². The van der Waals surface area contributed by atoms with E-state index >= 15 is 0 Å². The second kappa shape index (κ2) is 4.83. The monoisotopic (exact) mass is 290 g/mol. The summed E-state index contributed by atoms with van der Waals surface area (Å²) in [5.41, 5.74) is 3.38. The number of benzene rings is 1. The molecule has 0 radical (unpaired) electrons. The summed E-state index contributed by atoms with van der Waals surface area (Å²) in [5, 5.41) is 4.25. The van der Waals surface area contributed by atoms with Gasteiger partial charge < -0.3 is 14.3 Å². The van der Waals surface area contributed by atoms with E-state index in [2.05, 4.69) is 33.3 Å². The smallest absolute Gasteiger partial charge is 0.178 e. The Morgan fingerprint density at radius 3 is 2.89 bits per heavy atom. The quantitative estimate of drug-likeness (QED) is 0.726. The highest BCUT2D eigenvalue weighted by atomic mass is 32.1. The molecule has 0 aliphatic rings. The minimum Gasteiger partial charge on any atom is -0.497 e. The third-order valence-electron chi connectivity index (χ3n) is 3.34. The lowest BCUT2D eigenvalue weighted by Crippen LogP contribution is -2.05. The van der Waals surface area contributed by atoms with Crippen molar-refractivity contribution in [3.63, 3.8) is 0 Å². The molecule has 1 unspecified atom stereocenters. The van der Waals surface area contributed by atoms with Crippen molar-refractivity contribution in [2.75, 3.05) is 7.11 Å². The normalized spacial score (nSPS) is 12.7. The molecule has 1 N–H and O–H groups in total. The van der Waals surface area contributed by atoms with Crippen LogP contribution >= 0.6 is 23.6 Å². The number of ether oxygens (including phenoxy) is 1. The summed E-state index contributed by atoms with van der Waals surface area (Å²) < 4.78 is 8.13. The van der Waals surface area contributed by atoms with Crippen LogP contribution in [0.5, 0.6) is 5.75 Å². The van der Waals surface area contributed by atoms with E-state index in [1.807, 2.05) is 18.2 Å². The van der Waals surface area contributed by atoms with Gasteiger partial charge in [0, 0.05) is 6.07 Å². The Morgan fingerprint density at radius 1 is 1.37 bits per heavy atom. The summed E-state index contributed by atoms with van der Waals surface area (Å²) in [6.07, 6.45) is 0. The van der Waals surface area contributed by atoms with Crippen molar-refractivity contribution in [3.8, 4) is 5.75 Å². The van der Waals surface area contributed by atoms with Gasteiger partial charge in [-0.15, -0.1) is 0 Å². The summed E-state index contributed by atoms with van der Waals surface area (Å²) in [4.78, 5) is 3.25. The van der Waals surface area contributed by atoms with Gasteiger partial charge in [0.15, 0.2) is 4.77 Å². The molecule has 19 heavy (non-hydrogen) atoms. The van der Waals surface area contributed by atoms with E-state index in [1.165, 1.54) is 5.56 Å². The summed E-state index contributed by atoms with van der Waals surface area (Å²) in [6.45, 7) is 2.16. The number of nitrogens with one attached hydrogen (secondary N) is 1. The molecule has 3 aromatic rings. The molecule has 0 saturated carbocycles. The van der Waals surface area contributed by atoms with Crippen LogP contribution in [-0.2, 0) is 0 Å². The van der Waals surface area contributed by atoms with Gasteiger partial charge in [-0.2, -0.15) is 11.3 Å². The van der Waals surface area contributed by atoms with Crippen LogP contribution in [0.3, 0.4) is 0 Å². The average molecular weight is 290 g/mol. The average Bonchev–Trinajstić information content (AvgIpc) is 3.03. The van der Waals surface area contributed by atoms with Crippen LogP contribution in [0.25, 0.3) is 11.0 Å². The molecule has 0 aliphatic heterocycles. The highest BCUT2D eigenvalue weighted by Gasteiger charge is 2.13. The Labute approximate surface area is 120 Å². The Morgan fingerprint density at radius 2 is 2.21 bits per heavy atom. The van der Waals surface area contributed by atoms with Crippen LogP contribution in [0.15, 0.2) is 35.0 Å². The Balaban J connectivity index is 2.18. The molecule has 0 amide bonds. The van der Waals surface area contributed by atoms with Crippen molar-refractivity contribution in [3.05, 3.63) is 45.4 Å². The Bertz CT molecular complexity index is 755. The number of thiophene rings is 1. The molecule has 0 bridgehead atoms. The van der Waals surface area contributed by atoms with Gasteiger partial charge in [-0.1, -0.05) is 0 Å². The maximum Gasteiger partial charge on any atom is 0.178 e. The van der Waals surface area contributed by atoms with Crippen molar-refractivity contribution in [2.45, 2.75) is 13.0 Å². The summed E-state index contributed by atoms with van der Waals surface area (Å²) in [7, 11) is 1.67. The van der Waals surface area contributed by atoms with Crippen molar-refractivity contribution in [2.24, 2.45) is 0 Å². The fourth-order valence-electron chi connectivity index (χ4n) is 2.28. The van der Waals surface area contributed by atoms with Gasteiger partial charge >= 0.3 is 0 Å². The fourth-order valence-corrected chi connectivity index (χ4v) is 3.40. The van der Waals surface area contributed by atoms with Gasteiger partial charge in [-0.05, 0) is 53.7 Å². The summed E-state index contributed by atoms with van der Waals surface area (Å²) in [5.74, 6) is 0.832. The number of hydrogen-bond donors (Lipinski definition) is 1. The zero-order valence-corrected chi connectivity index (χ0v) is 12.3. The van der Waals surface area contributed by atoms with E-state index in [1.54, 1.807) is 18.4 Å². The molecular weight excluding hydrogens is 276 g/mol. The van der Waals surface area contributed by atoms with E-state index in [9.17, 15) is 0 Å². The molecular formula is C14H14N2OS2. The fraction of sp³-hybridized carbons (Fsp3) is 0.214. The third kappa shape index (κ3) is 2.09. The predicted octanol–water partition coefficient (Wildman–Crippen LogP) is 4.38. The molecule has 2 aromatic heterocycles. The van der Waals surface area contributed by atoms with Crippen LogP contribution in [0.4, 0.5) is 0 Å². The highest BCUT2D eigenvalue weighted by Crippen LogP contribution is 2.27. The van der Waals surface area contributed by atoms with Crippen molar-refractivity contribution < 1.29 is 4.74 Å². The second-order valence-electron chi connectivity index (χ2n) is 4.42. The predicted molar refractivity (Wildman–Crippen MR) is 81.8 cm³/mol. The molecule has 98 valence electrons. The Hall–Kier alpha value is -1.59. The minimum absolute atomic E-state index is 0.223. The van der Waals surface area contributed by atoms with Crippen molar-refractivity contribution in [1.82, 2.24) is 9.55 Å². The number of fused-ring (bicyclic) bond motifs is 1. The minimum atomic E-state index is 0.223. The lowest BCUT2D eigenvalue weighted by molar-refractivity contribution is 0.415. The van der Waals surface area contributed by atoms with Gasteiger partial charge in [0.25, 0.3) is 0 Å². The zero-order valence-electron chi connectivity index (χ0n) is 10.7. The standard InChI is InChI=1S/C14H14N2OS2/c1-9(10-5-6-19-8-10)16-13-4-3-11(17-2)7-12(13)15-14(16)18/h3-9H,1-2H3,(H,15,18). The first-order valence-corrected chi connectivity index (χ1v) is 7.36. The summed E-state index contributed by atoms with van der Waals surface area (Å²) in [6, 6.07) is 8.34. The summed E-state index contributed by atoms with van der Waals surface area (Å²) >= 11 is 7.16. The van der Waals surface area contributed by atoms with Gasteiger partial charge in [-0.25, -0.2) is 0 Å². The number of aromatic amines is 1. The zero-order chi connectivity index (χ0) is 13.4. The molecule has 0 spiro atoms. The first kappa shape index (κ1) is 12.4. The number of imidazole rings is 1. The van der Waals surface area contributed by atoms with E-state index < -0.39 is 0 Å². The molecule has 1 aromatic carbocycles. The molecule has 2 heterocycles. The lowest BCUT2D eigenvalue weighted by Gasteiger charge is -2.13. The molecule has 0 fully saturated rings. The molecule has 5 heteroatoms. The molecule has 3 nitrogen and oxygen atoms in total. The first-order valence-electron chi connectivity index (χ1n) is 6.01.